The van der Waals surface area contributed by atoms with Gasteiger partial charge in [-0.2, -0.15) is 13.2 Å². The lowest BCUT2D eigenvalue weighted by atomic mass is 9.98. The molecule has 0 aliphatic rings. The van der Waals surface area contributed by atoms with Gasteiger partial charge in [-0.3, -0.25) is 24.5 Å². The van der Waals surface area contributed by atoms with E-state index >= 15 is 0 Å². The van der Waals surface area contributed by atoms with E-state index in [1.54, 1.807) is 0 Å². The molecule has 0 aliphatic heterocycles. The summed E-state index contributed by atoms with van der Waals surface area (Å²) >= 11 is 5.69. The molecule has 10 heteroatoms. The minimum absolute atomic E-state index is 0.186. The predicted octanol–water partition coefficient (Wildman–Crippen LogP) is 4.68. The largest absolute Gasteiger partial charge is 0.416 e. The summed E-state index contributed by atoms with van der Waals surface area (Å²) in [6, 6.07) is 7.06. The zero-order valence-corrected chi connectivity index (χ0v) is 14.7. The monoisotopic (exact) mass is 413 g/mol. The first-order valence-corrected chi connectivity index (χ1v) is 8.06. The smallest absolute Gasteiger partial charge is 0.299 e. The predicted molar refractivity (Wildman–Crippen MR) is 92.5 cm³/mol. The van der Waals surface area contributed by atoms with Crippen LogP contribution in [0.2, 0.25) is 5.02 Å². The highest BCUT2D eigenvalue weighted by molar-refractivity contribution is 6.30. The van der Waals surface area contributed by atoms with E-state index in [0.29, 0.717) is 17.2 Å². The summed E-state index contributed by atoms with van der Waals surface area (Å²) in [6.07, 6.45) is -6.32. The summed E-state index contributed by atoms with van der Waals surface area (Å²) in [6.45, 7) is 0. The van der Waals surface area contributed by atoms with E-state index in [1.807, 2.05) is 0 Å². The number of nitrogens with zero attached hydrogens (tertiary/aromatic N) is 1. The zero-order valence-electron chi connectivity index (χ0n) is 14.0. The zero-order chi connectivity index (χ0) is 21.1. The fourth-order valence-corrected chi connectivity index (χ4v) is 2.47. The van der Waals surface area contributed by atoms with Crippen molar-refractivity contribution in [2.24, 2.45) is 0 Å². The normalized spacial score (nSPS) is 11.1. The fourth-order valence-electron chi connectivity index (χ4n) is 2.35. The van der Waals surface area contributed by atoms with Crippen LogP contribution >= 0.6 is 11.6 Å². The number of halogens is 4. The van der Waals surface area contributed by atoms with Crippen molar-refractivity contribution >= 4 is 34.6 Å². The molecule has 0 spiro atoms. The maximum absolute atomic E-state index is 12.7. The Bertz CT molecular complexity index is 955. The van der Waals surface area contributed by atoms with Crippen LogP contribution in [0.15, 0.2) is 42.5 Å². The first kappa shape index (κ1) is 21.2. The standard InChI is InChI=1S/C18H11ClF3NO5/c19-12-4-1-10(2-5-12)16(25)8-13(24)9-17(26)14-6-3-11(18(20,21)22)7-15(14)23(27)28/h1-7H,8-9H2. The molecule has 0 radical (unpaired) electrons. The van der Waals surface area contributed by atoms with Crippen molar-refractivity contribution in [2.45, 2.75) is 19.0 Å². The van der Waals surface area contributed by atoms with Gasteiger partial charge in [0.15, 0.2) is 11.6 Å². The first-order valence-electron chi connectivity index (χ1n) is 7.68. The van der Waals surface area contributed by atoms with Gasteiger partial charge in [0.1, 0.15) is 5.78 Å². The van der Waals surface area contributed by atoms with Gasteiger partial charge >= 0.3 is 6.18 Å². The summed E-state index contributed by atoms with van der Waals surface area (Å²) in [5, 5.41) is 11.4. The quantitative estimate of drug-likeness (QED) is 0.284. The average molecular weight is 414 g/mol. The summed E-state index contributed by atoms with van der Waals surface area (Å²) in [7, 11) is 0. The molecule has 28 heavy (non-hydrogen) atoms. The molecule has 146 valence electrons. The van der Waals surface area contributed by atoms with Gasteiger partial charge in [-0.15, -0.1) is 0 Å². The van der Waals surface area contributed by atoms with Gasteiger partial charge in [-0.1, -0.05) is 11.6 Å². The van der Waals surface area contributed by atoms with Gasteiger partial charge in [-0.25, -0.2) is 0 Å². The Morgan fingerprint density at radius 2 is 1.54 bits per heavy atom. The maximum atomic E-state index is 12.7. The second-order valence-corrected chi connectivity index (χ2v) is 6.17. The second kappa shape index (κ2) is 8.30. The van der Waals surface area contributed by atoms with Crippen molar-refractivity contribution in [2.75, 3.05) is 0 Å². The second-order valence-electron chi connectivity index (χ2n) is 5.73. The van der Waals surface area contributed by atoms with Gasteiger partial charge in [0, 0.05) is 16.7 Å². The van der Waals surface area contributed by atoms with Crippen LogP contribution in [0.25, 0.3) is 0 Å². The lowest BCUT2D eigenvalue weighted by Gasteiger charge is -2.08. The molecule has 2 aromatic rings. The van der Waals surface area contributed by atoms with Crippen LogP contribution in [0, 0.1) is 10.1 Å². The number of rotatable bonds is 7. The van der Waals surface area contributed by atoms with E-state index in [4.69, 9.17) is 11.6 Å². The van der Waals surface area contributed by atoms with E-state index in [9.17, 15) is 37.7 Å². The Balaban J connectivity index is 2.15. The van der Waals surface area contributed by atoms with Crippen molar-refractivity contribution in [3.05, 3.63) is 74.3 Å². The van der Waals surface area contributed by atoms with Gasteiger partial charge < -0.3 is 0 Å². The maximum Gasteiger partial charge on any atom is 0.416 e. The van der Waals surface area contributed by atoms with E-state index < -0.39 is 58.1 Å². The number of hydrogen-bond donors (Lipinski definition) is 0. The number of hydrogen-bond acceptors (Lipinski definition) is 5. The lowest BCUT2D eigenvalue weighted by molar-refractivity contribution is -0.385. The third-order valence-corrected chi connectivity index (χ3v) is 3.96. The number of nitro groups is 1. The van der Waals surface area contributed by atoms with Gasteiger partial charge in [0.2, 0.25) is 0 Å². The van der Waals surface area contributed by atoms with Crippen molar-refractivity contribution < 1.29 is 32.5 Å². The van der Waals surface area contributed by atoms with Crippen LogP contribution in [-0.4, -0.2) is 22.3 Å². The Morgan fingerprint density at radius 3 is 2.07 bits per heavy atom. The molecule has 0 amide bonds. The molecule has 2 aromatic carbocycles. The third-order valence-electron chi connectivity index (χ3n) is 3.70. The fraction of sp³-hybridized carbons (Fsp3) is 0.167. The molecule has 0 heterocycles. The number of alkyl halides is 3. The van der Waals surface area contributed by atoms with Crippen LogP contribution in [-0.2, 0) is 11.0 Å². The number of Topliss-reactive ketones (excluding diaryl/α,β-unsaturated/α-hetero) is 3. The Labute approximate surface area is 161 Å². The molecule has 0 saturated carbocycles. The highest BCUT2D eigenvalue weighted by Gasteiger charge is 2.34. The van der Waals surface area contributed by atoms with E-state index in [0.717, 1.165) is 0 Å². The molecular weight excluding hydrogens is 403 g/mol. The van der Waals surface area contributed by atoms with Crippen LogP contribution in [0.4, 0.5) is 18.9 Å². The minimum Gasteiger partial charge on any atom is -0.299 e. The number of nitro benzene ring substituents is 1. The van der Waals surface area contributed by atoms with Crippen molar-refractivity contribution in [3.63, 3.8) is 0 Å². The van der Waals surface area contributed by atoms with Gasteiger partial charge in [-0.05, 0) is 36.4 Å². The molecule has 0 aliphatic carbocycles. The molecular formula is C18H11ClF3NO5. The Kier molecular flexibility index (Phi) is 6.30. The first-order chi connectivity index (χ1) is 13.0. The molecule has 2 rings (SSSR count). The third kappa shape index (κ3) is 5.23. The Hall–Kier alpha value is -3.07. The van der Waals surface area contributed by atoms with Crippen molar-refractivity contribution in [1.82, 2.24) is 0 Å². The molecule has 0 unspecified atom stereocenters. The highest BCUT2D eigenvalue weighted by atomic mass is 35.5. The van der Waals surface area contributed by atoms with Crippen molar-refractivity contribution in [3.8, 4) is 0 Å². The number of carbonyl (C=O) groups excluding carboxylic acids is 3. The lowest BCUT2D eigenvalue weighted by Crippen LogP contribution is -2.15. The number of ketones is 3. The Morgan fingerprint density at radius 1 is 0.964 bits per heavy atom. The number of benzene rings is 2. The molecule has 0 N–H and O–H groups in total. The summed E-state index contributed by atoms with van der Waals surface area (Å²) in [5.74, 6) is -2.45. The molecule has 0 bridgehead atoms. The topological polar surface area (TPSA) is 94.3 Å². The van der Waals surface area contributed by atoms with E-state index in [1.165, 1.54) is 24.3 Å². The van der Waals surface area contributed by atoms with Gasteiger partial charge in [0.25, 0.3) is 5.69 Å². The van der Waals surface area contributed by atoms with Crippen LogP contribution < -0.4 is 0 Å². The minimum atomic E-state index is -4.83. The van der Waals surface area contributed by atoms with Crippen LogP contribution in [0.3, 0.4) is 0 Å². The molecule has 0 saturated heterocycles. The van der Waals surface area contributed by atoms with E-state index in [-0.39, 0.29) is 11.6 Å². The van der Waals surface area contributed by atoms with Gasteiger partial charge in [0.05, 0.1) is 28.9 Å². The highest BCUT2D eigenvalue weighted by Crippen LogP contribution is 2.33. The van der Waals surface area contributed by atoms with Crippen LogP contribution in [0.1, 0.15) is 39.1 Å². The molecule has 0 atom stereocenters. The SMILES string of the molecule is O=C(CC(=O)c1ccc(Cl)cc1)CC(=O)c1ccc(C(F)(F)F)cc1[N+](=O)[O-]. The number of carbonyl (C=O) groups is 3. The summed E-state index contributed by atoms with van der Waals surface area (Å²) in [5.41, 5.74) is -2.80. The average Bonchev–Trinajstić information content (AvgIpc) is 2.60. The summed E-state index contributed by atoms with van der Waals surface area (Å²) < 4.78 is 38.1. The molecule has 0 fully saturated rings. The van der Waals surface area contributed by atoms with E-state index in [2.05, 4.69) is 0 Å². The molecule has 6 nitrogen and oxygen atoms in total. The van der Waals surface area contributed by atoms with Crippen LogP contribution in [0.5, 0.6) is 0 Å². The van der Waals surface area contributed by atoms with Crippen molar-refractivity contribution in [1.29, 1.82) is 0 Å². The summed E-state index contributed by atoms with van der Waals surface area (Å²) in [4.78, 5) is 46.0. The molecule has 0 aromatic heterocycles.